The standard InChI is InChI=1S/C100H111N7O12/c1-2-3-25-57-101(100(119)104-64-80-53-56-83(91(104)99(117)118)107(80)94(110)85(68-34-13-5-14-35-68)69-36-15-6-16-37-69)58-26-9-10-30-65-31-27-48-75(59-65)87(72-44-23-24-45-72)95(111)105-79-52-55-82(105)90(98(115)116)103(63-79)93(109)86(70-38-17-7-18-39-70)76-49-28-46-73(60-76)74-47-29-50-77(61-74)88(71-40-19-8-20-41-71)96(112)106-78-51-54-81(106)89(97(113)114)102(62-78)92(108)84(67-42-21-22-43-67)66-32-11-4-12-33-66/h4-8,11-20,27-29,31-41,46-50,59-61,67,72,78-91H,2-3,9-10,21-26,30,42-45,51-58,62-64H2,1H3,(H,113,114)(H,115,116)(H,117,118)/t78-,79-,80-,81+,82+,83+,84?,86?,87?,88?,89-,90-,91-/m0/s1. The molecule has 6 heterocycles. The molecule has 8 aromatic carbocycles. The lowest BCUT2D eigenvalue weighted by molar-refractivity contribution is -0.162. The van der Waals surface area contributed by atoms with Crippen molar-refractivity contribution in [3.8, 4) is 11.1 Å². The number of amides is 7. The van der Waals surface area contributed by atoms with Gasteiger partial charge in [-0.15, -0.1) is 0 Å². The van der Waals surface area contributed by atoms with Gasteiger partial charge in [-0.05, 0) is 163 Å². The summed E-state index contributed by atoms with van der Waals surface area (Å²) in [5.41, 5.74) is 8.79. The van der Waals surface area contributed by atoms with E-state index in [9.17, 15) is 39.3 Å². The van der Waals surface area contributed by atoms with E-state index in [1.165, 1.54) is 4.90 Å². The van der Waals surface area contributed by atoms with Gasteiger partial charge in [0.15, 0.2) is 6.04 Å². The Morgan fingerprint density at radius 1 is 0.336 bits per heavy atom. The van der Waals surface area contributed by atoms with E-state index in [1.807, 2.05) is 222 Å². The topological polar surface area (TPSA) is 237 Å². The lowest BCUT2D eigenvalue weighted by Crippen LogP contribution is -2.67. The van der Waals surface area contributed by atoms with E-state index in [0.29, 0.717) is 74.7 Å². The lowest BCUT2D eigenvalue weighted by Gasteiger charge is -2.47. The molecule has 119 heavy (non-hydrogen) atoms. The predicted octanol–water partition coefficient (Wildman–Crippen LogP) is 16.2. The molecule has 16 rings (SSSR count). The first-order valence-corrected chi connectivity index (χ1v) is 43.9. The van der Waals surface area contributed by atoms with Crippen LogP contribution in [0, 0.1) is 11.8 Å². The second kappa shape index (κ2) is 36.6. The highest BCUT2D eigenvalue weighted by atomic mass is 16.4. The molecule has 2 saturated carbocycles. The van der Waals surface area contributed by atoms with Crippen molar-refractivity contribution in [3.05, 3.63) is 275 Å². The Bertz CT molecular complexity index is 4910. The first kappa shape index (κ1) is 81.5. The summed E-state index contributed by atoms with van der Waals surface area (Å²) in [6.45, 7) is 3.35. The molecular weight excluding hydrogens is 1490 g/mol. The number of likely N-dealkylation sites (tertiary alicyclic amines) is 3. The molecule has 618 valence electrons. The maximum Gasteiger partial charge on any atom is 0.328 e. The van der Waals surface area contributed by atoms with Crippen molar-refractivity contribution in [3.63, 3.8) is 0 Å². The fourth-order valence-corrected chi connectivity index (χ4v) is 22.3. The molecule has 8 aliphatic rings. The number of carboxylic acids is 3. The molecule has 4 unspecified atom stereocenters. The predicted molar refractivity (Wildman–Crippen MR) is 455 cm³/mol. The van der Waals surface area contributed by atoms with Crippen molar-refractivity contribution >= 4 is 53.5 Å². The van der Waals surface area contributed by atoms with Crippen LogP contribution in [0.25, 0.3) is 11.1 Å². The summed E-state index contributed by atoms with van der Waals surface area (Å²) in [5.74, 6) is -7.74. The highest BCUT2D eigenvalue weighted by Gasteiger charge is 2.59. The molecule has 2 aliphatic carbocycles. The van der Waals surface area contributed by atoms with Crippen molar-refractivity contribution in [2.75, 3.05) is 32.7 Å². The Balaban J connectivity index is 0.602. The third kappa shape index (κ3) is 16.7. The monoisotopic (exact) mass is 1600 g/mol. The fraction of sp³-hybridized carbons (Fsp3) is 0.430. The van der Waals surface area contributed by atoms with Crippen molar-refractivity contribution < 1.29 is 58.5 Å². The molecule has 13 atom stereocenters. The van der Waals surface area contributed by atoms with Gasteiger partial charge in [-0.2, -0.15) is 0 Å². The summed E-state index contributed by atoms with van der Waals surface area (Å²) >= 11 is 0. The largest absolute Gasteiger partial charge is 0.480 e. The molecule has 0 spiro atoms. The van der Waals surface area contributed by atoms with Gasteiger partial charge >= 0.3 is 23.9 Å². The minimum absolute atomic E-state index is 0.0373. The molecular formula is C100H111N7O12. The van der Waals surface area contributed by atoms with E-state index in [1.54, 1.807) is 19.6 Å². The number of nitrogens with zero attached hydrogens (tertiary/aromatic N) is 7. The van der Waals surface area contributed by atoms with Crippen LogP contribution in [0.1, 0.15) is 215 Å². The van der Waals surface area contributed by atoms with E-state index in [4.69, 9.17) is 0 Å². The van der Waals surface area contributed by atoms with Gasteiger partial charge < -0.3 is 49.6 Å². The second-order valence-corrected chi connectivity index (χ2v) is 34.8. The minimum Gasteiger partial charge on any atom is -0.480 e. The van der Waals surface area contributed by atoms with Gasteiger partial charge in [-0.25, -0.2) is 19.2 Å². The van der Waals surface area contributed by atoms with Crippen LogP contribution in [0.15, 0.2) is 224 Å². The smallest absolute Gasteiger partial charge is 0.328 e. The highest BCUT2D eigenvalue weighted by molar-refractivity contribution is 5.96. The number of benzene rings is 8. The number of piperazine rings is 3. The minimum atomic E-state index is -1.34. The van der Waals surface area contributed by atoms with Crippen LogP contribution in [0.2, 0.25) is 0 Å². The number of rotatable bonds is 29. The van der Waals surface area contributed by atoms with Crippen molar-refractivity contribution in [2.24, 2.45) is 11.8 Å². The van der Waals surface area contributed by atoms with Gasteiger partial charge in [0.25, 0.3) is 0 Å². The molecule has 0 radical (unpaired) electrons. The van der Waals surface area contributed by atoms with Crippen molar-refractivity contribution in [2.45, 2.75) is 226 Å². The number of carboxylic acid groups (broad SMARTS) is 3. The second-order valence-electron chi connectivity index (χ2n) is 34.8. The number of aliphatic carboxylic acids is 3. The average Bonchev–Trinajstić information content (AvgIpc) is 1.65. The summed E-state index contributed by atoms with van der Waals surface area (Å²) in [6, 6.07) is 64.3. The maximum absolute atomic E-state index is 16.0. The third-order valence-electron chi connectivity index (χ3n) is 27.8. The maximum atomic E-state index is 16.0. The van der Waals surface area contributed by atoms with Gasteiger partial charge in [0, 0.05) is 50.8 Å². The van der Waals surface area contributed by atoms with Crippen LogP contribution in [0.3, 0.4) is 0 Å². The van der Waals surface area contributed by atoms with Crippen molar-refractivity contribution in [1.29, 1.82) is 0 Å². The zero-order valence-electron chi connectivity index (χ0n) is 68.1. The quantitative estimate of drug-likeness (QED) is 0.0371. The Labute approximate surface area is 698 Å². The molecule has 19 heteroatoms. The van der Waals surface area contributed by atoms with Crippen LogP contribution in [0.4, 0.5) is 4.79 Å². The molecule has 8 aromatic rings. The third-order valence-corrected chi connectivity index (χ3v) is 27.8. The van der Waals surface area contributed by atoms with Gasteiger partial charge in [0.2, 0.25) is 29.5 Å². The number of carbonyl (C=O) groups is 9. The fourth-order valence-electron chi connectivity index (χ4n) is 22.3. The van der Waals surface area contributed by atoms with Gasteiger partial charge in [-0.3, -0.25) is 24.0 Å². The normalized spacial score (nSPS) is 23.2. The summed E-state index contributed by atoms with van der Waals surface area (Å²) in [5, 5.41) is 33.8. The highest BCUT2D eigenvalue weighted by Crippen LogP contribution is 2.48. The van der Waals surface area contributed by atoms with E-state index >= 15 is 19.2 Å². The van der Waals surface area contributed by atoms with E-state index in [0.717, 1.165) is 134 Å². The molecule has 8 fully saturated rings. The number of hydrogen-bond donors (Lipinski definition) is 3. The number of aryl methyl sites for hydroxylation is 1. The van der Waals surface area contributed by atoms with Gasteiger partial charge in [-0.1, -0.05) is 276 Å². The molecule has 6 aliphatic heterocycles. The Kier molecular flexibility index (Phi) is 25.1. The van der Waals surface area contributed by atoms with Crippen LogP contribution in [-0.4, -0.2) is 190 Å². The van der Waals surface area contributed by atoms with E-state index in [2.05, 4.69) is 19.1 Å². The van der Waals surface area contributed by atoms with Crippen LogP contribution in [0.5, 0.6) is 0 Å². The first-order valence-electron chi connectivity index (χ1n) is 43.9. The molecule has 6 saturated heterocycles. The molecule has 0 aromatic heterocycles. The lowest BCUT2D eigenvalue weighted by atomic mass is 9.82. The van der Waals surface area contributed by atoms with Gasteiger partial charge in [0.05, 0.1) is 47.7 Å². The zero-order chi connectivity index (χ0) is 82.4. The van der Waals surface area contributed by atoms with E-state index in [-0.39, 0.29) is 73.1 Å². The average molecular weight is 1600 g/mol. The number of hydrogen-bond acceptors (Lipinski definition) is 9. The van der Waals surface area contributed by atoms with Crippen LogP contribution >= 0.6 is 0 Å². The summed E-state index contributed by atoms with van der Waals surface area (Å²) < 4.78 is 0. The number of fused-ring (bicyclic) bond motifs is 6. The van der Waals surface area contributed by atoms with Gasteiger partial charge in [0.1, 0.15) is 12.1 Å². The van der Waals surface area contributed by atoms with E-state index < -0.39 is 95.8 Å². The Morgan fingerprint density at radius 3 is 1.13 bits per heavy atom. The first-order chi connectivity index (χ1) is 58.0. The van der Waals surface area contributed by atoms with Crippen LogP contribution < -0.4 is 0 Å². The Morgan fingerprint density at radius 2 is 0.689 bits per heavy atom. The Hall–Kier alpha value is -11.2. The van der Waals surface area contributed by atoms with Crippen molar-refractivity contribution in [1.82, 2.24) is 34.3 Å². The molecule has 19 nitrogen and oxygen atoms in total. The SMILES string of the molecule is CCCCCN(CCCCCc1cccc(C(C(=O)N2[C@H]3CC[C@@H]2[C@@H](C(=O)O)N(C(=O)C(c2ccccc2)c2cccc(-c4cccc(C(C(=O)N5[C@H]6CC[C@@H]5[C@@H](C(=O)O)N(C(=O)C(c5ccccc5)C5CCCC5)C6)c5ccccc5)c4)c2)C3)C2CCCC2)c1)C(=O)N1C[C@@H]2CC[C@H]([C@H]1C(=O)O)N2C(=O)C(c1ccccc1)c1ccccc1. The summed E-state index contributed by atoms with van der Waals surface area (Å²) in [4.78, 5) is 146. The number of unbranched alkanes of at least 4 members (excludes halogenated alkanes) is 4. The summed E-state index contributed by atoms with van der Waals surface area (Å²) in [6.07, 6.45) is 16.2. The molecule has 3 N–H and O–H groups in total. The number of urea groups is 1. The summed E-state index contributed by atoms with van der Waals surface area (Å²) in [7, 11) is 0. The van der Waals surface area contributed by atoms with Crippen LogP contribution in [-0.2, 0) is 44.8 Å². The zero-order valence-corrected chi connectivity index (χ0v) is 68.1. The number of carbonyl (C=O) groups excluding carboxylic acids is 6. The molecule has 6 bridgehead atoms. The molecule has 7 amide bonds.